The Morgan fingerprint density at radius 3 is 2.38 bits per heavy atom. The molecule has 1 unspecified atom stereocenters. The zero-order valence-corrected chi connectivity index (χ0v) is 9.23. The summed E-state index contributed by atoms with van der Waals surface area (Å²) in [7, 11) is 1.34. The van der Waals surface area contributed by atoms with Crippen LogP contribution in [0.3, 0.4) is 0 Å². The van der Waals surface area contributed by atoms with Crippen LogP contribution in [0.5, 0.6) is 0 Å². The highest BCUT2D eigenvalue weighted by molar-refractivity contribution is 5.86. The number of carboxylic acids is 1. The number of nitrogens with two attached hydrogens (primary N) is 1. The summed E-state index contributed by atoms with van der Waals surface area (Å²) < 4.78 is 4.72. The van der Waals surface area contributed by atoms with Gasteiger partial charge in [-0.2, -0.15) is 0 Å². The van der Waals surface area contributed by atoms with Crippen molar-refractivity contribution in [1.82, 2.24) is 5.32 Å². The lowest BCUT2D eigenvalue weighted by atomic mass is 10.1. The number of primary amides is 1. The molecule has 0 aromatic heterocycles. The van der Waals surface area contributed by atoms with Crippen molar-refractivity contribution in [2.75, 3.05) is 7.11 Å². The Labute approximate surface area is 92.9 Å². The molecular weight excluding hydrogens is 216 g/mol. The molecule has 0 fully saturated rings. The quantitative estimate of drug-likeness (QED) is 0.512. The Bertz CT molecular complexity index is 279. The minimum absolute atomic E-state index is 0.0349. The summed E-state index contributed by atoms with van der Waals surface area (Å²) in [6.45, 7) is 1.49. The number of carbonyl (C=O) groups excluding carboxylic acids is 2. The number of ether oxygens (including phenoxy) is 1. The Kier molecular flexibility index (Phi) is 6.09. The first-order chi connectivity index (χ1) is 7.38. The predicted octanol–water partition coefficient (Wildman–Crippen LogP) is -1.14. The van der Waals surface area contributed by atoms with Gasteiger partial charge in [-0.15, -0.1) is 0 Å². The highest BCUT2D eigenvalue weighted by Gasteiger charge is 2.22. The summed E-state index contributed by atoms with van der Waals surface area (Å²) in [5.41, 5.74) is 4.89. The van der Waals surface area contributed by atoms with E-state index in [2.05, 4.69) is 5.32 Å². The molecule has 2 amide bonds. The molecule has 7 heteroatoms. The topological polar surface area (TPSA) is 119 Å². The number of carbonyl (C=O) groups is 3. The van der Waals surface area contributed by atoms with Crippen molar-refractivity contribution in [3.8, 4) is 0 Å². The minimum Gasteiger partial charge on any atom is -0.480 e. The van der Waals surface area contributed by atoms with Gasteiger partial charge in [-0.3, -0.25) is 9.59 Å². The number of nitrogens with one attached hydrogen (secondary N) is 1. The number of methoxy groups -OCH3 is 1. The summed E-state index contributed by atoms with van der Waals surface area (Å²) >= 11 is 0. The van der Waals surface area contributed by atoms with Gasteiger partial charge in [-0.1, -0.05) is 0 Å². The van der Waals surface area contributed by atoms with Crippen molar-refractivity contribution < 1.29 is 24.2 Å². The van der Waals surface area contributed by atoms with Crippen molar-refractivity contribution >= 4 is 17.8 Å². The molecule has 0 aliphatic rings. The molecule has 0 heterocycles. The molecule has 0 aromatic carbocycles. The Hall–Kier alpha value is -1.63. The zero-order valence-electron chi connectivity index (χ0n) is 9.23. The summed E-state index contributed by atoms with van der Waals surface area (Å²) in [4.78, 5) is 32.6. The third-order valence-corrected chi connectivity index (χ3v) is 2.02. The summed E-state index contributed by atoms with van der Waals surface area (Å²) in [5.74, 6) is -2.36. The summed E-state index contributed by atoms with van der Waals surface area (Å²) in [6, 6.07) is -1.13. The number of rotatable bonds is 7. The molecule has 7 nitrogen and oxygen atoms in total. The van der Waals surface area contributed by atoms with Gasteiger partial charge in [0.05, 0.1) is 0 Å². The van der Waals surface area contributed by atoms with Gasteiger partial charge < -0.3 is 20.9 Å². The molecule has 0 aliphatic heterocycles. The molecule has 2 atom stereocenters. The third-order valence-electron chi connectivity index (χ3n) is 2.02. The highest BCUT2D eigenvalue weighted by Crippen LogP contribution is 1.99. The van der Waals surface area contributed by atoms with Crippen LogP contribution in [0.15, 0.2) is 0 Å². The van der Waals surface area contributed by atoms with Gasteiger partial charge in [0.15, 0.2) is 0 Å². The lowest BCUT2D eigenvalue weighted by Gasteiger charge is -2.16. The molecule has 16 heavy (non-hydrogen) atoms. The first kappa shape index (κ1) is 14.4. The normalized spacial score (nSPS) is 13.9. The Balaban J connectivity index is 4.28. The monoisotopic (exact) mass is 232 g/mol. The van der Waals surface area contributed by atoms with Crippen LogP contribution < -0.4 is 11.1 Å². The second-order valence-corrected chi connectivity index (χ2v) is 3.28. The fraction of sp³-hybridized carbons (Fsp3) is 0.667. The number of hydrogen-bond donors (Lipinski definition) is 3. The lowest BCUT2D eigenvalue weighted by molar-refractivity contribution is -0.144. The fourth-order valence-electron chi connectivity index (χ4n) is 0.940. The molecule has 0 saturated carbocycles. The van der Waals surface area contributed by atoms with Crippen LogP contribution in [-0.4, -0.2) is 42.1 Å². The molecule has 0 spiro atoms. The summed E-state index contributed by atoms with van der Waals surface area (Å²) in [6.07, 6.45) is -0.874. The lowest BCUT2D eigenvalue weighted by Crippen LogP contribution is -2.45. The Morgan fingerprint density at radius 1 is 1.44 bits per heavy atom. The van der Waals surface area contributed by atoms with E-state index in [4.69, 9.17) is 15.6 Å². The molecule has 92 valence electrons. The van der Waals surface area contributed by atoms with Gasteiger partial charge in [0, 0.05) is 13.5 Å². The molecule has 0 saturated heterocycles. The first-order valence-electron chi connectivity index (χ1n) is 4.72. The average Bonchev–Trinajstić information content (AvgIpc) is 2.21. The predicted molar refractivity (Wildman–Crippen MR) is 54.5 cm³/mol. The van der Waals surface area contributed by atoms with Crippen LogP contribution in [0.1, 0.15) is 19.8 Å². The van der Waals surface area contributed by atoms with Gasteiger partial charge in [0.25, 0.3) is 0 Å². The second-order valence-electron chi connectivity index (χ2n) is 3.28. The van der Waals surface area contributed by atoms with Gasteiger partial charge in [-0.05, 0) is 13.3 Å². The maximum Gasteiger partial charge on any atom is 0.326 e. The van der Waals surface area contributed by atoms with Crippen LogP contribution in [0.4, 0.5) is 0 Å². The number of carboxylic acid groups (broad SMARTS) is 1. The molecule has 0 radical (unpaired) electrons. The highest BCUT2D eigenvalue weighted by atomic mass is 16.5. The molecule has 4 N–H and O–H groups in total. The molecular formula is C9H16N2O5. The van der Waals surface area contributed by atoms with Gasteiger partial charge in [-0.25, -0.2) is 4.79 Å². The first-order valence-corrected chi connectivity index (χ1v) is 4.72. The molecule has 0 aromatic rings. The van der Waals surface area contributed by atoms with E-state index in [1.807, 2.05) is 0 Å². The van der Waals surface area contributed by atoms with Crippen molar-refractivity contribution in [1.29, 1.82) is 0 Å². The Morgan fingerprint density at radius 2 is 2.00 bits per heavy atom. The zero-order chi connectivity index (χ0) is 12.7. The van der Waals surface area contributed by atoms with Crippen molar-refractivity contribution in [2.45, 2.75) is 31.9 Å². The minimum atomic E-state index is -1.21. The standard InChI is InChI=1S/C9H16N2O5/c1-5(16-2)8(13)11-6(9(14)15)3-4-7(10)12/h5-6H,3-4H2,1-2H3,(H2,10,12)(H,11,13)(H,14,15)/t5?,6-/m0/s1. The fourth-order valence-corrected chi connectivity index (χ4v) is 0.940. The van der Waals surface area contributed by atoms with E-state index >= 15 is 0 Å². The number of aliphatic carboxylic acids is 1. The van der Waals surface area contributed by atoms with E-state index < -0.39 is 29.9 Å². The van der Waals surface area contributed by atoms with E-state index in [1.54, 1.807) is 0 Å². The van der Waals surface area contributed by atoms with E-state index in [0.717, 1.165) is 0 Å². The number of hydrogen-bond acceptors (Lipinski definition) is 4. The SMILES string of the molecule is COC(C)C(=O)N[C@@H](CCC(N)=O)C(=O)O. The van der Waals surface area contributed by atoms with Crippen LogP contribution in [0.2, 0.25) is 0 Å². The van der Waals surface area contributed by atoms with Crippen LogP contribution >= 0.6 is 0 Å². The average molecular weight is 232 g/mol. The maximum atomic E-state index is 11.3. The van der Waals surface area contributed by atoms with Crippen LogP contribution in [0, 0.1) is 0 Å². The smallest absolute Gasteiger partial charge is 0.326 e. The van der Waals surface area contributed by atoms with Gasteiger partial charge in [0.2, 0.25) is 11.8 Å². The van der Waals surface area contributed by atoms with Crippen LogP contribution in [0.25, 0.3) is 0 Å². The molecule has 0 rings (SSSR count). The van der Waals surface area contributed by atoms with Gasteiger partial charge in [0.1, 0.15) is 12.1 Å². The summed E-state index contributed by atoms with van der Waals surface area (Å²) in [5, 5.41) is 11.0. The molecule has 0 aliphatic carbocycles. The maximum absolute atomic E-state index is 11.3. The van der Waals surface area contributed by atoms with E-state index in [-0.39, 0.29) is 12.8 Å². The van der Waals surface area contributed by atoms with Crippen LogP contribution in [-0.2, 0) is 19.1 Å². The third kappa shape index (κ3) is 5.30. The van der Waals surface area contributed by atoms with Crippen molar-refractivity contribution in [3.05, 3.63) is 0 Å². The molecule has 0 bridgehead atoms. The largest absolute Gasteiger partial charge is 0.480 e. The number of amides is 2. The van der Waals surface area contributed by atoms with Gasteiger partial charge >= 0.3 is 5.97 Å². The van der Waals surface area contributed by atoms with Crippen molar-refractivity contribution in [2.24, 2.45) is 5.73 Å². The van der Waals surface area contributed by atoms with E-state index in [0.29, 0.717) is 0 Å². The second kappa shape index (κ2) is 6.78. The van der Waals surface area contributed by atoms with Crippen molar-refractivity contribution in [3.63, 3.8) is 0 Å². The van der Waals surface area contributed by atoms with E-state index in [1.165, 1.54) is 14.0 Å². The van der Waals surface area contributed by atoms with E-state index in [9.17, 15) is 14.4 Å².